The number of thiol groups is 6. The van der Waals surface area contributed by atoms with Crippen LogP contribution in [0.25, 0.3) is 0 Å². The second kappa shape index (κ2) is 60.2. The Balaban J connectivity index is -0.000000590. The third-order valence-corrected chi connectivity index (χ3v) is 22.4. The van der Waals surface area contributed by atoms with Gasteiger partial charge in [-0.25, -0.2) is 0 Å². The predicted octanol–water partition coefficient (Wildman–Crippen LogP) is 14.4. The lowest BCUT2D eigenvalue weighted by Crippen LogP contribution is -2.37. The standard InChI is InChI=1S/C27H57N3S6.C21H45N3S6.C6H14OSi.3CH4/c1-31-19-7-13-28(14-8-20-32-2)25-26(29(15-9-21-33-3)16-10-22-34-4)27(25)30(17-11-23-35-5)18-12-24-36-6;25-13-1-7-22(8-2-14-26)19-20(23(9-3-15-27)10-4-16-28)21(19)24(11-5-17-29)12-6-18-30;1-5-6-8(3,4)7-2;;;/h25-27H,7-24H2,1-6H3;19-21,25-30H,1-18H2;5H,1,6H2,2-4H3;3*1H4. The molecular weight excluding hydrogens is 1200 g/mol. The maximum absolute atomic E-state index is 5.25. The molecule has 20 heteroatoms. The highest BCUT2D eigenvalue weighted by atomic mass is 32.2. The molecule has 2 rings (SSSR count). The molecule has 2 saturated carbocycles. The molecule has 0 aliphatic heterocycles. The Labute approximate surface area is 542 Å². The molecule has 0 spiro atoms. The van der Waals surface area contributed by atoms with Gasteiger partial charge < -0.3 is 4.43 Å². The smallest absolute Gasteiger partial charge is 0.189 e. The van der Waals surface area contributed by atoms with Gasteiger partial charge in [0.25, 0.3) is 0 Å². The Bertz CT molecular complexity index is 1050. The van der Waals surface area contributed by atoms with E-state index in [0.29, 0.717) is 18.1 Å². The Morgan fingerprint density at radius 1 is 0.351 bits per heavy atom. The molecule has 7 nitrogen and oxygen atoms in total. The molecule has 0 unspecified atom stereocenters. The van der Waals surface area contributed by atoms with Crippen LogP contribution < -0.4 is 0 Å². The summed E-state index contributed by atoms with van der Waals surface area (Å²) in [7, 11) is 0.478. The number of hydrogen-bond donors (Lipinski definition) is 6. The molecule has 0 aromatic heterocycles. The van der Waals surface area contributed by atoms with Crippen molar-refractivity contribution in [1.82, 2.24) is 29.4 Å². The van der Waals surface area contributed by atoms with Crippen LogP contribution in [0.4, 0.5) is 0 Å². The average molecular weight is 1330 g/mol. The fraction of sp³-hybridized carbons (Fsp3) is 0.965. The molecular formula is C57H128N6OS12Si. The topological polar surface area (TPSA) is 28.7 Å². The van der Waals surface area contributed by atoms with Gasteiger partial charge in [-0.1, -0.05) is 28.4 Å². The Kier molecular flexibility index (Phi) is 68.2. The first-order chi connectivity index (χ1) is 36.0. The van der Waals surface area contributed by atoms with E-state index in [-0.39, 0.29) is 22.3 Å². The number of nitrogens with zero attached hydrogens (tertiary/aromatic N) is 6. The summed E-state index contributed by atoms with van der Waals surface area (Å²) in [6.07, 6.45) is 30.3. The van der Waals surface area contributed by atoms with Crippen LogP contribution in [0.3, 0.4) is 0 Å². The van der Waals surface area contributed by atoms with Gasteiger partial charge in [0.15, 0.2) is 8.32 Å². The maximum Gasteiger partial charge on any atom is 0.189 e. The summed E-state index contributed by atoms with van der Waals surface area (Å²) in [6, 6.07) is 5.02. The number of hydrogen-bond acceptors (Lipinski definition) is 19. The van der Waals surface area contributed by atoms with Crippen molar-refractivity contribution >= 4 is 155 Å². The average Bonchev–Trinajstić information content (AvgIpc) is 4.33. The van der Waals surface area contributed by atoms with E-state index in [2.05, 4.69) is 162 Å². The largest absolute Gasteiger partial charge is 0.420 e. The first-order valence-electron chi connectivity index (χ1n) is 28.2. The van der Waals surface area contributed by atoms with Gasteiger partial charge in [0, 0.05) is 43.4 Å². The number of allylic oxidation sites excluding steroid dienone is 1. The lowest BCUT2D eigenvalue weighted by Gasteiger charge is -2.27. The van der Waals surface area contributed by atoms with Crippen molar-refractivity contribution in [2.24, 2.45) is 0 Å². The van der Waals surface area contributed by atoms with Crippen LogP contribution in [0, 0.1) is 0 Å². The Morgan fingerprint density at radius 2 is 0.506 bits per heavy atom. The molecule has 0 atom stereocenters. The number of rotatable bonds is 51. The molecule has 0 bridgehead atoms. The van der Waals surface area contributed by atoms with E-state index < -0.39 is 8.32 Å². The van der Waals surface area contributed by atoms with E-state index in [4.69, 9.17) is 4.43 Å². The molecule has 0 amide bonds. The van der Waals surface area contributed by atoms with Crippen molar-refractivity contribution in [2.75, 3.05) is 192 Å². The first-order valence-corrected chi connectivity index (χ1v) is 43.5. The fourth-order valence-corrected chi connectivity index (χ4v) is 14.3. The molecule has 0 aromatic carbocycles. The summed E-state index contributed by atoms with van der Waals surface area (Å²) in [4.78, 5) is 17.0. The van der Waals surface area contributed by atoms with Crippen molar-refractivity contribution in [3.05, 3.63) is 12.7 Å². The van der Waals surface area contributed by atoms with Crippen LogP contribution >= 0.6 is 146 Å². The van der Waals surface area contributed by atoms with E-state index >= 15 is 0 Å². The summed E-state index contributed by atoms with van der Waals surface area (Å²) < 4.78 is 5.25. The summed E-state index contributed by atoms with van der Waals surface area (Å²) in [5.41, 5.74) is 0. The van der Waals surface area contributed by atoms with Gasteiger partial charge in [0.1, 0.15) is 0 Å². The van der Waals surface area contributed by atoms with E-state index in [9.17, 15) is 0 Å². The van der Waals surface area contributed by atoms with E-state index in [1.54, 1.807) is 7.11 Å². The molecule has 0 N–H and O–H groups in total. The SMILES string of the molecule is C.C.C.C=CC[Si](C)(C)OC.CSCCCN(CCCSC)C1C(N(CCCSC)CCCSC)C1N(CCCSC)CCCSC.SCCCN(CCCS)C1C(N(CCCS)CCCS)C1N(CCCS)CCCS. The van der Waals surface area contributed by atoms with E-state index in [1.165, 1.54) is 112 Å². The van der Waals surface area contributed by atoms with Crippen LogP contribution in [0.1, 0.15) is 99.3 Å². The monoisotopic (exact) mass is 1320 g/mol. The van der Waals surface area contributed by atoms with Crippen molar-refractivity contribution in [2.45, 2.75) is 155 Å². The van der Waals surface area contributed by atoms with Crippen molar-refractivity contribution in [1.29, 1.82) is 0 Å². The van der Waals surface area contributed by atoms with Crippen LogP contribution in [-0.2, 0) is 4.43 Å². The molecule has 468 valence electrons. The van der Waals surface area contributed by atoms with Crippen LogP contribution in [0.5, 0.6) is 0 Å². The summed E-state index contributed by atoms with van der Waals surface area (Å²) in [5, 5.41) is 0. The van der Waals surface area contributed by atoms with E-state index in [1.807, 2.05) is 76.6 Å². The zero-order valence-corrected chi connectivity index (χ0v) is 59.9. The van der Waals surface area contributed by atoms with Crippen LogP contribution in [0.15, 0.2) is 12.7 Å². The minimum Gasteiger partial charge on any atom is -0.420 e. The minimum absolute atomic E-state index is 0. The van der Waals surface area contributed by atoms with Gasteiger partial charge >= 0.3 is 0 Å². The fourth-order valence-electron chi connectivity index (χ4n) is 10.1. The molecule has 0 aromatic rings. The second-order valence-corrected chi connectivity index (χ2v) is 33.1. The molecule has 2 aliphatic rings. The van der Waals surface area contributed by atoms with Crippen molar-refractivity contribution in [3.63, 3.8) is 0 Å². The second-order valence-electron chi connectivity index (χ2n) is 20.2. The Morgan fingerprint density at radius 3 is 0.610 bits per heavy atom. The highest BCUT2D eigenvalue weighted by Crippen LogP contribution is 2.41. The summed E-state index contributed by atoms with van der Waals surface area (Å²) in [6.45, 7) is 22.5. The van der Waals surface area contributed by atoms with Gasteiger partial charge in [-0.3, -0.25) is 29.4 Å². The molecule has 0 saturated heterocycles. The van der Waals surface area contributed by atoms with Gasteiger partial charge in [-0.15, -0.1) is 6.58 Å². The summed E-state index contributed by atoms with van der Waals surface area (Å²) in [5.74, 6) is 13.4. The van der Waals surface area contributed by atoms with Gasteiger partial charge in [-0.2, -0.15) is 146 Å². The van der Waals surface area contributed by atoms with E-state index in [0.717, 1.165) is 136 Å². The van der Waals surface area contributed by atoms with Gasteiger partial charge in [0.2, 0.25) is 0 Å². The summed E-state index contributed by atoms with van der Waals surface area (Å²) >= 11 is 39.0. The zero-order valence-electron chi connectivity index (χ0n) is 48.6. The van der Waals surface area contributed by atoms with Crippen molar-refractivity contribution in [3.8, 4) is 0 Å². The number of thioether (sulfide) groups is 6. The normalized spacial score (nSPS) is 18.7. The van der Waals surface area contributed by atoms with Crippen LogP contribution in [-0.4, -0.2) is 266 Å². The lowest BCUT2D eigenvalue weighted by molar-refractivity contribution is 0.200. The van der Waals surface area contributed by atoms with Gasteiger partial charge in [-0.05, 0) is 281 Å². The zero-order chi connectivity index (χ0) is 55.2. The lowest BCUT2D eigenvalue weighted by atomic mass is 10.3. The minimum atomic E-state index is -1.30. The molecule has 77 heavy (non-hydrogen) atoms. The first kappa shape index (κ1) is 87.3. The third kappa shape index (κ3) is 40.9. The van der Waals surface area contributed by atoms with Gasteiger partial charge in [0.05, 0.1) is 0 Å². The Hall–Kier alpha value is 3.88. The molecule has 0 radical (unpaired) electrons. The third-order valence-electron chi connectivity index (χ3n) is 13.9. The van der Waals surface area contributed by atoms with Crippen molar-refractivity contribution < 1.29 is 4.43 Å². The quantitative estimate of drug-likeness (QED) is 0.0151. The van der Waals surface area contributed by atoms with Crippen LogP contribution in [0.2, 0.25) is 19.1 Å². The highest BCUT2D eigenvalue weighted by Gasteiger charge is 2.59. The maximum atomic E-state index is 5.25. The molecule has 2 aliphatic carbocycles. The molecule has 2 fully saturated rings. The highest BCUT2D eigenvalue weighted by molar-refractivity contribution is 7.99. The predicted molar refractivity (Wildman–Crippen MR) is 401 cm³/mol. The molecule has 0 heterocycles.